The molecule has 124 valence electrons. The van der Waals surface area contributed by atoms with E-state index in [0.29, 0.717) is 34.3 Å². The molecule has 0 saturated carbocycles. The molecule has 0 spiro atoms. The number of carbonyl (C=O) groups excluding carboxylic acids is 1. The van der Waals surface area contributed by atoms with E-state index in [9.17, 15) is 4.79 Å². The molecule has 0 aliphatic heterocycles. The average Bonchev–Trinajstić information content (AvgIpc) is 2.58. The highest BCUT2D eigenvalue weighted by Crippen LogP contribution is 2.28. The SMILES string of the molecule is Nc1c(Cl)cc(C#CCCNC(=O)OCc2ccccc2)cc1Cl. The summed E-state index contributed by atoms with van der Waals surface area (Å²) in [6, 6.07) is 12.8. The van der Waals surface area contributed by atoms with Crippen LogP contribution in [0.2, 0.25) is 10.0 Å². The lowest BCUT2D eigenvalue weighted by atomic mass is 10.2. The second kappa shape index (κ2) is 9.07. The van der Waals surface area contributed by atoms with Crippen molar-refractivity contribution in [2.24, 2.45) is 0 Å². The highest BCUT2D eigenvalue weighted by Gasteiger charge is 2.03. The molecule has 4 nitrogen and oxygen atoms in total. The molecule has 0 fully saturated rings. The van der Waals surface area contributed by atoms with Crippen molar-refractivity contribution in [2.75, 3.05) is 12.3 Å². The van der Waals surface area contributed by atoms with Crippen LogP contribution in [0.3, 0.4) is 0 Å². The van der Waals surface area contributed by atoms with Crippen LogP contribution >= 0.6 is 23.2 Å². The molecule has 2 rings (SSSR count). The van der Waals surface area contributed by atoms with Crippen LogP contribution in [0, 0.1) is 11.8 Å². The third-order valence-electron chi connectivity index (χ3n) is 3.04. The molecule has 2 aromatic rings. The number of alkyl carbamates (subject to hydrolysis) is 1. The number of hydrogen-bond acceptors (Lipinski definition) is 3. The van der Waals surface area contributed by atoms with Gasteiger partial charge in [0, 0.05) is 18.5 Å². The Morgan fingerprint density at radius 3 is 2.50 bits per heavy atom. The summed E-state index contributed by atoms with van der Waals surface area (Å²) in [5, 5.41) is 3.37. The van der Waals surface area contributed by atoms with E-state index in [2.05, 4.69) is 17.2 Å². The van der Waals surface area contributed by atoms with E-state index < -0.39 is 6.09 Å². The molecule has 6 heteroatoms. The first kappa shape index (κ1) is 18.0. The van der Waals surface area contributed by atoms with Gasteiger partial charge in [-0.2, -0.15) is 0 Å². The van der Waals surface area contributed by atoms with E-state index in [1.54, 1.807) is 12.1 Å². The summed E-state index contributed by atoms with van der Waals surface area (Å²) >= 11 is 11.9. The Hall–Kier alpha value is -2.35. The van der Waals surface area contributed by atoms with Crippen molar-refractivity contribution in [1.82, 2.24) is 5.32 Å². The van der Waals surface area contributed by atoms with Gasteiger partial charge >= 0.3 is 6.09 Å². The summed E-state index contributed by atoms with van der Waals surface area (Å²) in [5.41, 5.74) is 7.60. The summed E-state index contributed by atoms with van der Waals surface area (Å²) in [4.78, 5) is 11.5. The van der Waals surface area contributed by atoms with Gasteiger partial charge in [0.05, 0.1) is 15.7 Å². The third-order valence-corrected chi connectivity index (χ3v) is 3.67. The number of nitrogens with two attached hydrogens (primary N) is 1. The van der Waals surface area contributed by atoms with E-state index in [0.717, 1.165) is 5.56 Å². The van der Waals surface area contributed by atoms with Crippen LogP contribution in [0.4, 0.5) is 10.5 Å². The van der Waals surface area contributed by atoms with E-state index in [1.165, 1.54) is 0 Å². The van der Waals surface area contributed by atoms with Gasteiger partial charge in [0.25, 0.3) is 0 Å². The second-order valence-corrected chi connectivity index (χ2v) is 5.71. The van der Waals surface area contributed by atoms with Crippen LogP contribution in [0.25, 0.3) is 0 Å². The Labute approximate surface area is 150 Å². The maximum absolute atomic E-state index is 11.5. The minimum atomic E-state index is -0.473. The molecule has 0 atom stereocenters. The minimum Gasteiger partial charge on any atom is -0.445 e. The monoisotopic (exact) mass is 362 g/mol. The number of halogens is 2. The summed E-state index contributed by atoms with van der Waals surface area (Å²) in [6.45, 7) is 0.623. The van der Waals surface area contributed by atoms with Crippen molar-refractivity contribution in [2.45, 2.75) is 13.0 Å². The molecular weight excluding hydrogens is 347 g/mol. The van der Waals surface area contributed by atoms with Gasteiger partial charge in [-0.15, -0.1) is 0 Å². The normalized spacial score (nSPS) is 9.75. The summed E-state index contributed by atoms with van der Waals surface area (Å²) in [5.74, 6) is 5.84. The number of amides is 1. The molecule has 0 unspecified atom stereocenters. The Morgan fingerprint density at radius 1 is 1.17 bits per heavy atom. The molecule has 3 N–H and O–H groups in total. The molecule has 0 aromatic heterocycles. The highest BCUT2D eigenvalue weighted by molar-refractivity contribution is 6.39. The van der Waals surface area contributed by atoms with E-state index >= 15 is 0 Å². The second-order valence-electron chi connectivity index (χ2n) is 4.89. The fraction of sp³-hybridized carbons (Fsp3) is 0.167. The van der Waals surface area contributed by atoms with Gasteiger partial charge in [0.2, 0.25) is 0 Å². The quantitative estimate of drug-likeness (QED) is 0.485. The lowest BCUT2D eigenvalue weighted by Gasteiger charge is -2.05. The van der Waals surface area contributed by atoms with Crippen LogP contribution in [0.5, 0.6) is 0 Å². The van der Waals surface area contributed by atoms with Crippen molar-refractivity contribution in [3.8, 4) is 11.8 Å². The standard InChI is InChI=1S/C18H16Cl2N2O2/c19-15-10-14(11-16(20)17(15)21)8-4-5-9-22-18(23)24-12-13-6-2-1-3-7-13/h1-3,6-7,10-11H,5,9,12,21H2,(H,22,23). The number of hydrogen-bond donors (Lipinski definition) is 2. The Bertz CT molecular complexity index is 745. The number of carbonyl (C=O) groups is 1. The topological polar surface area (TPSA) is 64.3 Å². The van der Waals surface area contributed by atoms with E-state index in [1.807, 2.05) is 30.3 Å². The average molecular weight is 363 g/mol. The van der Waals surface area contributed by atoms with Gasteiger partial charge < -0.3 is 15.8 Å². The molecule has 0 aliphatic rings. The van der Waals surface area contributed by atoms with Crippen molar-refractivity contribution in [3.63, 3.8) is 0 Å². The molecule has 0 bridgehead atoms. The maximum atomic E-state index is 11.5. The molecule has 1 amide bonds. The predicted molar refractivity (Wildman–Crippen MR) is 97.0 cm³/mol. The number of anilines is 1. The first-order chi connectivity index (χ1) is 11.6. The first-order valence-corrected chi connectivity index (χ1v) is 8.00. The molecule has 0 aliphatic carbocycles. The van der Waals surface area contributed by atoms with Crippen LogP contribution in [-0.4, -0.2) is 12.6 Å². The lowest BCUT2D eigenvalue weighted by molar-refractivity contribution is 0.140. The van der Waals surface area contributed by atoms with Gasteiger partial charge in [-0.25, -0.2) is 4.79 Å². The molecular formula is C18H16Cl2N2O2. The zero-order valence-electron chi connectivity index (χ0n) is 12.8. The fourth-order valence-corrected chi connectivity index (χ4v) is 2.31. The van der Waals surface area contributed by atoms with E-state index in [4.69, 9.17) is 33.7 Å². The van der Waals surface area contributed by atoms with Crippen molar-refractivity contribution < 1.29 is 9.53 Å². The van der Waals surface area contributed by atoms with Crippen molar-refractivity contribution >= 4 is 35.0 Å². The molecule has 24 heavy (non-hydrogen) atoms. The maximum Gasteiger partial charge on any atom is 0.407 e. The molecule has 0 heterocycles. The van der Waals surface area contributed by atoms with Gasteiger partial charge in [0.1, 0.15) is 6.61 Å². The summed E-state index contributed by atoms with van der Waals surface area (Å²) in [6.07, 6.45) is -0.000665. The Morgan fingerprint density at radius 2 is 1.83 bits per heavy atom. The molecule has 0 radical (unpaired) electrons. The Kier molecular flexibility index (Phi) is 6.80. The molecule has 0 saturated heterocycles. The van der Waals surface area contributed by atoms with Crippen molar-refractivity contribution in [3.05, 3.63) is 63.6 Å². The largest absolute Gasteiger partial charge is 0.445 e. The van der Waals surface area contributed by atoms with Gasteiger partial charge in [-0.05, 0) is 17.7 Å². The predicted octanol–water partition coefficient (Wildman–Crippen LogP) is 4.24. The Balaban J connectivity index is 1.72. The van der Waals surface area contributed by atoms with Gasteiger partial charge in [-0.3, -0.25) is 0 Å². The fourth-order valence-electron chi connectivity index (χ4n) is 1.82. The number of ether oxygens (including phenoxy) is 1. The number of rotatable bonds is 4. The third kappa shape index (κ3) is 5.69. The zero-order valence-corrected chi connectivity index (χ0v) is 14.3. The number of nitrogen functional groups attached to an aromatic ring is 1. The number of nitrogens with one attached hydrogen (secondary N) is 1. The number of benzene rings is 2. The van der Waals surface area contributed by atoms with Gasteiger partial charge in [0.15, 0.2) is 0 Å². The van der Waals surface area contributed by atoms with Gasteiger partial charge in [-0.1, -0.05) is 65.4 Å². The smallest absolute Gasteiger partial charge is 0.407 e. The lowest BCUT2D eigenvalue weighted by Crippen LogP contribution is -2.24. The van der Waals surface area contributed by atoms with Crippen LogP contribution in [0.15, 0.2) is 42.5 Å². The minimum absolute atomic E-state index is 0.237. The first-order valence-electron chi connectivity index (χ1n) is 7.24. The summed E-state index contributed by atoms with van der Waals surface area (Å²) in [7, 11) is 0. The highest BCUT2D eigenvalue weighted by atomic mass is 35.5. The van der Waals surface area contributed by atoms with Crippen LogP contribution in [0.1, 0.15) is 17.5 Å². The summed E-state index contributed by atoms with van der Waals surface area (Å²) < 4.78 is 5.09. The molecule has 2 aromatic carbocycles. The van der Waals surface area contributed by atoms with Crippen LogP contribution < -0.4 is 11.1 Å². The van der Waals surface area contributed by atoms with Crippen molar-refractivity contribution in [1.29, 1.82) is 0 Å². The van der Waals surface area contributed by atoms with Crippen LogP contribution in [-0.2, 0) is 11.3 Å². The van der Waals surface area contributed by atoms with E-state index in [-0.39, 0.29) is 6.61 Å². The zero-order chi connectivity index (χ0) is 17.4.